The number of benzene rings is 1. The van der Waals surface area contributed by atoms with Crippen molar-refractivity contribution in [2.75, 3.05) is 52.5 Å². The van der Waals surface area contributed by atoms with Gasteiger partial charge in [0.25, 0.3) is 0 Å². The highest BCUT2D eigenvalue weighted by molar-refractivity contribution is 5.85. The van der Waals surface area contributed by atoms with E-state index < -0.39 is 0 Å². The van der Waals surface area contributed by atoms with Crippen LogP contribution < -0.4 is 15.4 Å². The Kier molecular flexibility index (Phi) is 7.78. The predicted octanol–water partition coefficient (Wildman–Crippen LogP) is 0.655. The van der Waals surface area contributed by atoms with Crippen molar-refractivity contribution in [2.24, 2.45) is 5.92 Å². The molecule has 2 aliphatic heterocycles. The second-order valence-corrected chi connectivity index (χ2v) is 5.98. The second kappa shape index (κ2) is 9.84. The summed E-state index contributed by atoms with van der Waals surface area (Å²) in [6, 6.07) is 7.90. The normalized spacial score (nSPS) is 18.3. The van der Waals surface area contributed by atoms with Gasteiger partial charge in [0, 0.05) is 44.8 Å². The smallest absolute Gasteiger partial charge is 0.225 e. The number of hydrogen-bond acceptors (Lipinski definition) is 5. The number of para-hydroxylation sites is 1. The number of amides is 1. The van der Waals surface area contributed by atoms with Crippen molar-refractivity contribution in [1.82, 2.24) is 15.5 Å². The van der Waals surface area contributed by atoms with E-state index in [4.69, 9.17) is 9.47 Å². The van der Waals surface area contributed by atoms with Crippen LogP contribution in [-0.2, 0) is 16.1 Å². The van der Waals surface area contributed by atoms with Gasteiger partial charge in [0.2, 0.25) is 5.91 Å². The number of rotatable bonds is 7. The second-order valence-electron chi connectivity index (χ2n) is 5.98. The van der Waals surface area contributed by atoms with E-state index in [0.717, 1.165) is 57.3 Å². The summed E-state index contributed by atoms with van der Waals surface area (Å²) in [5.74, 6) is 1.09. The fourth-order valence-electron chi connectivity index (χ4n) is 2.70. The first-order valence-electron chi connectivity index (χ1n) is 8.32. The summed E-state index contributed by atoms with van der Waals surface area (Å²) in [4.78, 5) is 14.3. The minimum absolute atomic E-state index is 0. The molecule has 0 spiro atoms. The Hall–Kier alpha value is -1.34. The lowest BCUT2D eigenvalue weighted by Crippen LogP contribution is -2.50. The molecule has 1 aromatic rings. The molecule has 0 saturated carbocycles. The van der Waals surface area contributed by atoms with E-state index in [1.165, 1.54) is 0 Å². The molecule has 0 aliphatic carbocycles. The molecule has 0 aromatic heterocycles. The lowest BCUT2D eigenvalue weighted by Gasteiger charge is -2.27. The highest BCUT2D eigenvalue weighted by Crippen LogP contribution is 2.18. The molecule has 0 unspecified atom stereocenters. The summed E-state index contributed by atoms with van der Waals surface area (Å²) in [6.07, 6.45) is 0. The monoisotopic (exact) mass is 355 g/mol. The van der Waals surface area contributed by atoms with E-state index in [-0.39, 0.29) is 24.2 Å². The van der Waals surface area contributed by atoms with Crippen LogP contribution in [0.2, 0.25) is 0 Å². The van der Waals surface area contributed by atoms with Gasteiger partial charge in [-0.15, -0.1) is 12.4 Å². The van der Waals surface area contributed by atoms with Gasteiger partial charge in [-0.05, 0) is 6.07 Å². The average Bonchev–Trinajstić information content (AvgIpc) is 2.53. The van der Waals surface area contributed by atoms with Crippen LogP contribution in [0.3, 0.4) is 0 Å². The molecule has 0 radical (unpaired) electrons. The Balaban J connectivity index is 0.00000208. The maximum Gasteiger partial charge on any atom is 0.225 e. The Morgan fingerprint density at radius 3 is 2.75 bits per heavy atom. The van der Waals surface area contributed by atoms with Crippen molar-refractivity contribution in [2.45, 2.75) is 6.54 Å². The highest BCUT2D eigenvalue weighted by atomic mass is 35.5. The van der Waals surface area contributed by atoms with Gasteiger partial charge in [0.05, 0.1) is 19.1 Å². The highest BCUT2D eigenvalue weighted by Gasteiger charge is 2.24. The summed E-state index contributed by atoms with van der Waals surface area (Å²) in [7, 11) is 0. The number of hydrogen-bond donors (Lipinski definition) is 2. The molecule has 2 aliphatic rings. The number of ether oxygens (including phenoxy) is 2. The standard InChI is InChI=1S/C17H25N3O3.ClH/c21-17(15-11-18-12-15)19-13-14-3-1-2-4-16(14)23-10-7-20-5-8-22-9-6-20;/h1-4,15,18H,5-13H2,(H,19,21);1H. The zero-order valence-electron chi connectivity index (χ0n) is 13.8. The molecule has 2 N–H and O–H groups in total. The molecule has 134 valence electrons. The van der Waals surface area contributed by atoms with Crippen LogP contribution in [0.4, 0.5) is 0 Å². The fraction of sp³-hybridized carbons (Fsp3) is 0.588. The van der Waals surface area contributed by atoms with Gasteiger partial charge in [-0.25, -0.2) is 0 Å². The summed E-state index contributed by atoms with van der Waals surface area (Å²) in [5.41, 5.74) is 1.02. The Morgan fingerprint density at radius 1 is 1.29 bits per heavy atom. The molecule has 3 rings (SSSR count). The van der Waals surface area contributed by atoms with Crippen LogP contribution >= 0.6 is 12.4 Å². The van der Waals surface area contributed by atoms with Crippen molar-refractivity contribution in [3.63, 3.8) is 0 Å². The van der Waals surface area contributed by atoms with Crippen LogP contribution in [0.5, 0.6) is 5.75 Å². The molecule has 0 atom stereocenters. The molecule has 0 bridgehead atoms. The van der Waals surface area contributed by atoms with Crippen LogP contribution in [0, 0.1) is 5.92 Å². The van der Waals surface area contributed by atoms with Gasteiger partial charge in [0.1, 0.15) is 12.4 Å². The van der Waals surface area contributed by atoms with Crippen LogP contribution in [0.15, 0.2) is 24.3 Å². The first-order chi connectivity index (χ1) is 11.3. The summed E-state index contributed by atoms with van der Waals surface area (Å²) >= 11 is 0. The summed E-state index contributed by atoms with van der Waals surface area (Å²) in [6.45, 7) is 7.18. The summed E-state index contributed by atoms with van der Waals surface area (Å²) in [5, 5.41) is 6.11. The lowest BCUT2D eigenvalue weighted by molar-refractivity contribution is -0.126. The van der Waals surface area contributed by atoms with E-state index in [1.54, 1.807) is 0 Å². The average molecular weight is 356 g/mol. The van der Waals surface area contributed by atoms with Crippen molar-refractivity contribution >= 4 is 18.3 Å². The van der Waals surface area contributed by atoms with E-state index in [2.05, 4.69) is 15.5 Å². The molecule has 6 nitrogen and oxygen atoms in total. The van der Waals surface area contributed by atoms with E-state index in [0.29, 0.717) is 13.2 Å². The molecule has 24 heavy (non-hydrogen) atoms. The Morgan fingerprint density at radius 2 is 2.04 bits per heavy atom. The number of carbonyl (C=O) groups excluding carboxylic acids is 1. The first kappa shape index (κ1) is 19.0. The Bertz CT molecular complexity index is 520. The molecular formula is C17H26ClN3O3. The maximum absolute atomic E-state index is 11.9. The van der Waals surface area contributed by atoms with Gasteiger partial charge < -0.3 is 20.1 Å². The van der Waals surface area contributed by atoms with Gasteiger partial charge in [-0.3, -0.25) is 9.69 Å². The fourth-order valence-corrected chi connectivity index (χ4v) is 2.70. The molecule has 1 amide bonds. The molecule has 2 fully saturated rings. The zero-order chi connectivity index (χ0) is 15.9. The summed E-state index contributed by atoms with van der Waals surface area (Å²) < 4.78 is 11.3. The van der Waals surface area contributed by atoms with E-state index >= 15 is 0 Å². The molecule has 2 heterocycles. The number of halogens is 1. The zero-order valence-corrected chi connectivity index (χ0v) is 14.6. The number of morpholine rings is 1. The predicted molar refractivity (Wildman–Crippen MR) is 94.7 cm³/mol. The van der Waals surface area contributed by atoms with Crippen molar-refractivity contribution in [3.8, 4) is 5.75 Å². The lowest BCUT2D eigenvalue weighted by atomic mass is 10.0. The minimum Gasteiger partial charge on any atom is -0.492 e. The third-order valence-corrected chi connectivity index (χ3v) is 4.35. The topological polar surface area (TPSA) is 62.8 Å². The first-order valence-corrected chi connectivity index (χ1v) is 8.32. The van der Waals surface area contributed by atoms with E-state index in [9.17, 15) is 4.79 Å². The number of nitrogens with zero attached hydrogens (tertiary/aromatic N) is 1. The molecule has 2 saturated heterocycles. The van der Waals surface area contributed by atoms with E-state index in [1.807, 2.05) is 24.3 Å². The maximum atomic E-state index is 11.9. The molecule has 7 heteroatoms. The van der Waals surface area contributed by atoms with Crippen LogP contribution in [0.25, 0.3) is 0 Å². The number of nitrogens with one attached hydrogen (secondary N) is 2. The van der Waals surface area contributed by atoms with Crippen LogP contribution in [-0.4, -0.2) is 63.4 Å². The van der Waals surface area contributed by atoms with Crippen molar-refractivity contribution in [3.05, 3.63) is 29.8 Å². The minimum atomic E-state index is 0. The SMILES string of the molecule is Cl.O=C(NCc1ccccc1OCCN1CCOCC1)C1CNC1. The Labute approximate surface area is 149 Å². The number of carbonyl (C=O) groups is 1. The van der Waals surface area contributed by atoms with Gasteiger partial charge in [0.15, 0.2) is 0 Å². The third-order valence-electron chi connectivity index (χ3n) is 4.35. The van der Waals surface area contributed by atoms with Gasteiger partial charge in [-0.2, -0.15) is 0 Å². The van der Waals surface area contributed by atoms with Gasteiger partial charge in [-0.1, -0.05) is 18.2 Å². The van der Waals surface area contributed by atoms with Crippen LogP contribution in [0.1, 0.15) is 5.56 Å². The molecule has 1 aromatic carbocycles. The quantitative estimate of drug-likeness (QED) is 0.752. The largest absolute Gasteiger partial charge is 0.492 e. The molecular weight excluding hydrogens is 330 g/mol. The van der Waals surface area contributed by atoms with Crippen molar-refractivity contribution < 1.29 is 14.3 Å². The third kappa shape index (κ3) is 5.34. The van der Waals surface area contributed by atoms with Gasteiger partial charge >= 0.3 is 0 Å². The van der Waals surface area contributed by atoms with Crippen molar-refractivity contribution in [1.29, 1.82) is 0 Å².